The zero-order valence-electron chi connectivity index (χ0n) is 17.5. The zero-order chi connectivity index (χ0) is 21.2. The van der Waals surface area contributed by atoms with Gasteiger partial charge in [-0.05, 0) is 29.7 Å². The summed E-state index contributed by atoms with van der Waals surface area (Å²) in [6, 6.07) is 16.2. The number of hydrogen-bond acceptors (Lipinski definition) is 5. The predicted octanol–water partition coefficient (Wildman–Crippen LogP) is 3.62. The minimum Gasteiger partial charge on any atom is -0.378 e. The molecular weight excluding hydrogens is 390 g/mol. The quantitative estimate of drug-likeness (QED) is 0.539. The maximum Gasteiger partial charge on any atom is 0.271 e. The van der Waals surface area contributed by atoms with Gasteiger partial charge in [0, 0.05) is 31.0 Å². The van der Waals surface area contributed by atoms with E-state index in [4.69, 9.17) is 4.74 Å². The maximum atomic E-state index is 12.6. The Kier molecular flexibility index (Phi) is 5.26. The lowest BCUT2D eigenvalue weighted by atomic mass is 10.0. The monoisotopic (exact) mass is 415 g/mol. The number of fused-ring (bicyclic) bond motifs is 1. The topological polar surface area (TPSA) is 76.0 Å². The molecule has 0 spiro atoms. The molecule has 0 amide bonds. The first-order valence-electron chi connectivity index (χ1n) is 10.7. The van der Waals surface area contributed by atoms with E-state index in [0.29, 0.717) is 18.6 Å². The molecule has 1 aliphatic rings. The molecule has 1 saturated heterocycles. The van der Waals surface area contributed by atoms with Crippen LogP contribution in [0, 0.1) is 0 Å². The standard InChI is InChI=1S/C24H25N5O2/c1-2-21(17-6-4-3-5-7-17)29-22-14-18(8-9-20(22)23(30)27-29)19-15-25-24(26-16-19)28-10-12-31-13-11-28/h3-9,14-16,21H,2,10-13H2,1H3,(H,27,30). The fraction of sp³-hybridized carbons (Fsp3) is 0.292. The molecule has 1 fully saturated rings. The largest absolute Gasteiger partial charge is 0.378 e. The Morgan fingerprint density at radius 3 is 2.48 bits per heavy atom. The van der Waals surface area contributed by atoms with Crippen LogP contribution in [0.3, 0.4) is 0 Å². The van der Waals surface area contributed by atoms with Crippen LogP contribution in [0.4, 0.5) is 5.95 Å². The molecule has 1 atom stereocenters. The van der Waals surface area contributed by atoms with Crippen LogP contribution in [0.2, 0.25) is 0 Å². The second-order valence-electron chi connectivity index (χ2n) is 7.75. The molecule has 31 heavy (non-hydrogen) atoms. The molecule has 0 radical (unpaired) electrons. The van der Waals surface area contributed by atoms with Crippen molar-refractivity contribution in [1.29, 1.82) is 0 Å². The lowest BCUT2D eigenvalue weighted by Gasteiger charge is -2.26. The van der Waals surface area contributed by atoms with Crippen molar-refractivity contribution in [1.82, 2.24) is 19.7 Å². The lowest BCUT2D eigenvalue weighted by molar-refractivity contribution is 0.122. The van der Waals surface area contributed by atoms with Crippen LogP contribution in [-0.4, -0.2) is 46.1 Å². The highest BCUT2D eigenvalue weighted by Crippen LogP contribution is 2.28. The van der Waals surface area contributed by atoms with E-state index in [-0.39, 0.29) is 11.6 Å². The number of anilines is 1. The highest BCUT2D eigenvalue weighted by Gasteiger charge is 2.18. The van der Waals surface area contributed by atoms with Crippen molar-refractivity contribution in [3.8, 4) is 11.1 Å². The van der Waals surface area contributed by atoms with Crippen LogP contribution in [0.5, 0.6) is 0 Å². The highest BCUT2D eigenvalue weighted by atomic mass is 16.5. The van der Waals surface area contributed by atoms with Gasteiger partial charge >= 0.3 is 0 Å². The van der Waals surface area contributed by atoms with E-state index in [1.807, 2.05) is 53.5 Å². The number of aromatic amines is 1. The van der Waals surface area contributed by atoms with Gasteiger partial charge in [0.2, 0.25) is 5.95 Å². The van der Waals surface area contributed by atoms with Gasteiger partial charge in [-0.15, -0.1) is 0 Å². The fourth-order valence-electron chi connectivity index (χ4n) is 4.22. The summed E-state index contributed by atoms with van der Waals surface area (Å²) in [4.78, 5) is 23.9. The first-order valence-corrected chi connectivity index (χ1v) is 10.7. The van der Waals surface area contributed by atoms with Gasteiger partial charge < -0.3 is 9.64 Å². The summed E-state index contributed by atoms with van der Waals surface area (Å²) in [5, 5.41) is 3.73. The summed E-state index contributed by atoms with van der Waals surface area (Å²) in [6.45, 7) is 5.14. The Balaban J connectivity index is 1.52. The molecule has 2 aromatic carbocycles. The number of aromatic nitrogens is 4. The van der Waals surface area contributed by atoms with Gasteiger partial charge in [0.1, 0.15) is 0 Å². The minimum absolute atomic E-state index is 0.0570. The van der Waals surface area contributed by atoms with E-state index in [0.717, 1.165) is 42.1 Å². The predicted molar refractivity (Wildman–Crippen MR) is 121 cm³/mol. The highest BCUT2D eigenvalue weighted by molar-refractivity contribution is 5.84. The molecule has 4 aromatic rings. The van der Waals surface area contributed by atoms with Crippen LogP contribution in [0.1, 0.15) is 24.9 Å². The molecule has 1 aliphatic heterocycles. The first kappa shape index (κ1) is 19.5. The molecular formula is C24H25N5O2. The summed E-state index contributed by atoms with van der Waals surface area (Å²) in [6.07, 6.45) is 4.57. The molecule has 7 nitrogen and oxygen atoms in total. The summed E-state index contributed by atoms with van der Waals surface area (Å²) in [5.74, 6) is 0.724. The molecule has 0 aliphatic carbocycles. The van der Waals surface area contributed by atoms with Gasteiger partial charge in [-0.3, -0.25) is 14.6 Å². The van der Waals surface area contributed by atoms with Crippen molar-refractivity contribution in [3.05, 3.63) is 76.8 Å². The molecule has 3 heterocycles. The third-order valence-corrected chi connectivity index (χ3v) is 5.87. The average Bonchev–Trinajstić information content (AvgIpc) is 3.16. The molecule has 158 valence electrons. The number of benzene rings is 2. The van der Waals surface area contributed by atoms with Gasteiger partial charge in [-0.1, -0.05) is 43.3 Å². The maximum absolute atomic E-state index is 12.6. The van der Waals surface area contributed by atoms with Crippen LogP contribution in [0.15, 0.2) is 65.7 Å². The number of ether oxygens (including phenoxy) is 1. The van der Waals surface area contributed by atoms with Crippen molar-refractivity contribution in [3.63, 3.8) is 0 Å². The van der Waals surface area contributed by atoms with Gasteiger partial charge in [-0.25, -0.2) is 9.97 Å². The van der Waals surface area contributed by atoms with Gasteiger partial charge in [0.25, 0.3) is 5.56 Å². The van der Waals surface area contributed by atoms with Gasteiger partial charge in [-0.2, -0.15) is 0 Å². The van der Waals surface area contributed by atoms with Gasteiger partial charge in [0.15, 0.2) is 0 Å². The average molecular weight is 415 g/mol. The number of nitrogens with one attached hydrogen (secondary N) is 1. The minimum atomic E-state index is -0.0742. The Bertz CT molecular complexity index is 1220. The van der Waals surface area contributed by atoms with Crippen molar-refractivity contribution < 1.29 is 4.74 Å². The fourth-order valence-corrected chi connectivity index (χ4v) is 4.22. The second kappa shape index (κ2) is 8.35. The van der Waals surface area contributed by atoms with Crippen LogP contribution in [0.25, 0.3) is 22.0 Å². The number of H-pyrrole nitrogens is 1. The lowest BCUT2D eigenvalue weighted by Crippen LogP contribution is -2.37. The van der Waals surface area contributed by atoms with Crippen molar-refractivity contribution >= 4 is 16.9 Å². The Morgan fingerprint density at radius 1 is 1.03 bits per heavy atom. The smallest absolute Gasteiger partial charge is 0.271 e. The van der Waals surface area contributed by atoms with E-state index < -0.39 is 0 Å². The van der Waals surface area contributed by atoms with Crippen LogP contribution >= 0.6 is 0 Å². The van der Waals surface area contributed by atoms with Crippen molar-refractivity contribution in [2.75, 3.05) is 31.2 Å². The molecule has 1 N–H and O–H groups in total. The number of nitrogens with zero attached hydrogens (tertiary/aromatic N) is 4. The van der Waals surface area contributed by atoms with E-state index in [2.05, 4.69) is 39.0 Å². The molecule has 0 bridgehead atoms. The van der Waals surface area contributed by atoms with Crippen LogP contribution < -0.4 is 10.5 Å². The van der Waals surface area contributed by atoms with E-state index in [9.17, 15) is 4.79 Å². The normalized spacial score (nSPS) is 15.3. The summed E-state index contributed by atoms with van der Waals surface area (Å²) < 4.78 is 7.39. The second-order valence-corrected chi connectivity index (χ2v) is 7.75. The third-order valence-electron chi connectivity index (χ3n) is 5.87. The molecule has 1 unspecified atom stereocenters. The summed E-state index contributed by atoms with van der Waals surface area (Å²) in [7, 11) is 0. The first-order chi connectivity index (χ1) is 15.2. The molecule has 7 heteroatoms. The Morgan fingerprint density at radius 2 is 1.77 bits per heavy atom. The summed E-state index contributed by atoms with van der Waals surface area (Å²) in [5.41, 5.74) is 3.88. The van der Waals surface area contributed by atoms with Crippen LogP contribution in [-0.2, 0) is 4.74 Å². The van der Waals surface area contributed by atoms with E-state index in [1.165, 1.54) is 5.56 Å². The summed E-state index contributed by atoms with van der Waals surface area (Å²) >= 11 is 0. The van der Waals surface area contributed by atoms with Gasteiger partial charge in [0.05, 0.1) is 30.2 Å². The molecule has 2 aromatic heterocycles. The van der Waals surface area contributed by atoms with Crippen molar-refractivity contribution in [2.45, 2.75) is 19.4 Å². The SMILES string of the molecule is CCC(c1ccccc1)n1[nH]c(=O)c2ccc(-c3cnc(N4CCOCC4)nc3)cc21. The number of hydrogen-bond donors (Lipinski definition) is 1. The molecule has 5 rings (SSSR count). The van der Waals surface area contributed by atoms with Crippen molar-refractivity contribution in [2.24, 2.45) is 0 Å². The number of morpholine rings is 1. The Hall–Kier alpha value is -3.45. The Labute approximate surface area is 180 Å². The van der Waals surface area contributed by atoms with E-state index in [1.54, 1.807) is 0 Å². The van der Waals surface area contributed by atoms with E-state index >= 15 is 0 Å². The number of rotatable bonds is 5. The molecule has 0 saturated carbocycles. The third kappa shape index (κ3) is 3.72. The zero-order valence-corrected chi connectivity index (χ0v) is 17.5.